The van der Waals surface area contributed by atoms with Crippen LogP contribution in [0.4, 0.5) is 0 Å². The zero-order valence-corrected chi connectivity index (χ0v) is 5.67. The summed E-state index contributed by atoms with van der Waals surface area (Å²) >= 11 is 0. The van der Waals surface area contributed by atoms with E-state index >= 15 is 0 Å². The van der Waals surface area contributed by atoms with Crippen molar-refractivity contribution >= 4 is 0 Å². The lowest BCUT2D eigenvalue weighted by molar-refractivity contribution is 0.0950. The molecular weight excluding hydrogens is 116 g/mol. The topological polar surface area (TPSA) is 21.8 Å². The van der Waals surface area contributed by atoms with E-state index < -0.39 is 0 Å². The van der Waals surface area contributed by atoms with Crippen molar-refractivity contribution in [3.63, 3.8) is 0 Å². The molecule has 1 aliphatic carbocycles. The Morgan fingerprint density at radius 1 is 1.67 bits per heavy atom. The maximum Gasteiger partial charge on any atom is 0.104 e. The molecule has 0 aromatic carbocycles. The van der Waals surface area contributed by atoms with Gasteiger partial charge in [-0.15, -0.1) is 0 Å². The van der Waals surface area contributed by atoms with Gasteiger partial charge in [-0.3, -0.25) is 0 Å². The molecule has 9 heavy (non-hydrogen) atoms. The van der Waals surface area contributed by atoms with Crippen LogP contribution in [0, 0.1) is 5.92 Å². The zero-order chi connectivity index (χ0) is 6.27. The van der Waals surface area contributed by atoms with Crippen LogP contribution in [0.25, 0.3) is 0 Å². The van der Waals surface area contributed by atoms with Gasteiger partial charge >= 0.3 is 0 Å². The lowest BCUT2D eigenvalue weighted by Crippen LogP contribution is -2.03. The summed E-state index contributed by atoms with van der Waals surface area (Å²) in [5, 5.41) is 0. The smallest absolute Gasteiger partial charge is 0.104 e. The van der Waals surface area contributed by atoms with Crippen LogP contribution in [0.15, 0.2) is 0 Å². The predicted molar refractivity (Wildman–Crippen MR) is 33.3 cm³/mol. The molecule has 0 bridgehead atoms. The van der Waals surface area contributed by atoms with E-state index in [0.29, 0.717) is 12.2 Å². The van der Waals surface area contributed by atoms with E-state index in [1.807, 2.05) is 0 Å². The molecule has 1 aliphatic heterocycles. The van der Waals surface area contributed by atoms with E-state index in [9.17, 15) is 0 Å². The van der Waals surface area contributed by atoms with Crippen molar-refractivity contribution in [1.29, 1.82) is 0 Å². The minimum absolute atomic E-state index is 0.442. The summed E-state index contributed by atoms with van der Waals surface area (Å²) in [6.45, 7) is 3.97. The van der Waals surface area contributed by atoms with Gasteiger partial charge in [-0.25, -0.2) is 0 Å². The zero-order valence-electron chi connectivity index (χ0n) is 5.67. The van der Waals surface area contributed by atoms with Crippen molar-refractivity contribution in [2.24, 2.45) is 5.92 Å². The largest absolute Gasteiger partial charge is 0.375 e. The molecule has 2 rings (SSSR count). The van der Waals surface area contributed by atoms with E-state index in [1.54, 1.807) is 0 Å². The molecule has 3 atom stereocenters. The van der Waals surface area contributed by atoms with Gasteiger partial charge in [0.15, 0.2) is 0 Å². The Morgan fingerprint density at radius 3 is 2.78 bits per heavy atom. The molecule has 0 radical (unpaired) electrons. The van der Waals surface area contributed by atoms with E-state index in [1.165, 1.54) is 6.42 Å². The van der Waals surface area contributed by atoms with Crippen LogP contribution >= 0.6 is 0 Å². The molecule has 2 aliphatic rings. The van der Waals surface area contributed by atoms with Crippen LogP contribution in [-0.4, -0.2) is 25.4 Å². The number of hydrogen-bond donors (Lipinski definition) is 0. The fourth-order valence-electron chi connectivity index (χ4n) is 0.915. The Bertz CT molecular complexity index is 109. The standard InChI is InChI=1S/C7H12O2/c1-5-2-7(5)9-4-6-3-8-6/h5-7H,2-4H2,1H3. The molecule has 0 N–H and O–H groups in total. The Kier molecular flexibility index (Phi) is 1.24. The molecule has 0 amide bonds. The highest BCUT2D eigenvalue weighted by molar-refractivity contribution is 4.84. The molecular formula is C7H12O2. The molecule has 0 spiro atoms. The number of epoxide rings is 1. The van der Waals surface area contributed by atoms with E-state index in [-0.39, 0.29) is 0 Å². The Hall–Kier alpha value is -0.0800. The summed E-state index contributed by atoms with van der Waals surface area (Å²) in [6, 6.07) is 0. The SMILES string of the molecule is CC1CC1OCC1CO1. The van der Waals surface area contributed by atoms with E-state index in [2.05, 4.69) is 6.92 Å². The highest BCUT2D eigenvalue weighted by Gasteiger charge is 2.35. The summed E-state index contributed by atoms with van der Waals surface area (Å²) in [7, 11) is 0. The van der Waals surface area contributed by atoms with Gasteiger partial charge in [0, 0.05) is 0 Å². The van der Waals surface area contributed by atoms with Gasteiger partial charge in [-0.2, -0.15) is 0 Å². The summed E-state index contributed by atoms with van der Waals surface area (Å²) < 4.78 is 10.5. The third-order valence-electron chi connectivity index (χ3n) is 1.93. The maximum atomic E-state index is 5.46. The van der Waals surface area contributed by atoms with Crippen LogP contribution in [0.5, 0.6) is 0 Å². The van der Waals surface area contributed by atoms with Crippen molar-refractivity contribution < 1.29 is 9.47 Å². The first-order chi connectivity index (χ1) is 4.36. The second-order valence-corrected chi connectivity index (χ2v) is 3.04. The number of hydrogen-bond acceptors (Lipinski definition) is 2. The van der Waals surface area contributed by atoms with Gasteiger partial charge in [0.05, 0.1) is 19.3 Å². The van der Waals surface area contributed by atoms with Crippen molar-refractivity contribution in [3.05, 3.63) is 0 Å². The monoisotopic (exact) mass is 128 g/mol. The average Bonchev–Trinajstić information content (AvgIpc) is 2.60. The quantitative estimate of drug-likeness (QED) is 0.525. The van der Waals surface area contributed by atoms with E-state index in [0.717, 1.165) is 19.1 Å². The Morgan fingerprint density at radius 2 is 2.33 bits per heavy atom. The normalized spacial score (nSPS) is 47.0. The highest BCUT2D eigenvalue weighted by Crippen LogP contribution is 2.33. The summed E-state index contributed by atoms with van der Waals surface area (Å²) in [4.78, 5) is 0. The van der Waals surface area contributed by atoms with Crippen molar-refractivity contribution in [2.75, 3.05) is 13.2 Å². The number of rotatable bonds is 3. The van der Waals surface area contributed by atoms with Crippen LogP contribution < -0.4 is 0 Å². The average molecular weight is 128 g/mol. The molecule has 1 saturated carbocycles. The fraction of sp³-hybridized carbons (Fsp3) is 1.00. The second kappa shape index (κ2) is 1.96. The minimum atomic E-state index is 0.442. The molecule has 2 fully saturated rings. The first-order valence-corrected chi connectivity index (χ1v) is 3.59. The Labute approximate surface area is 55.1 Å². The molecule has 0 aromatic rings. The van der Waals surface area contributed by atoms with Crippen LogP contribution in [0.2, 0.25) is 0 Å². The predicted octanol–water partition coefficient (Wildman–Crippen LogP) is 0.810. The summed E-state index contributed by atoms with van der Waals surface area (Å²) in [5.74, 6) is 0.809. The molecule has 0 aromatic heterocycles. The van der Waals surface area contributed by atoms with E-state index in [4.69, 9.17) is 9.47 Å². The van der Waals surface area contributed by atoms with Crippen molar-refractivity contribution in [3.8, 4) is 0 Å². The lowest BCUT2D eigenvalue weighted by atomic mass is 10.5. The molecule has 2 nitrogen and oxygen atoms in total. The van der Waals surface area contributed by atoms with Gasteiger partial charge in [0.2, 0.25) is 0 Å². The maximum absolute atomic E-state index is 5.46. The minimum Gasteiger partial charge on any atom is -0.375 e. The van der Waals surface area contributed by atoms with Crippen molar-refractivity contribution in [1.82, 2.24) is 0 Å². The summed E-state index contributed by atoms with van der Waals surface area (Å²) in [6.07, 6.45) is 2.26. The molecule has 1 saturated heterocycles. The van der Waals surface area contributed by atoms with Crippen LogP contribution in [0.1, 0.15) is 13.3 Å². The lowest BCUT2D eigenvalue weighted by Gasteiger charge is -1.96. The Balaban J connectivity index is 1.57. The van der Waals surface area contributed by atoms with Crippen LogP contribution in [0.3, 0.4) is 0 Å². The van der Waals surface area contributed by atoms with Gasteiger partial charge in [0.1, 0.15) is 6.10 Å². The van der Waals surface area contributed by atoms with Crippen molar-refractivity contribution in [2.45, 2.75) is 25.6 Å². The third kappa shape index (κ3) is 1.43. The summed E-state index contributed by atoms with van der Waals surface area (Å²) in [5.41, 5.74) is 0. The third-order valence-corrected chi connectivity index (χ3v) is 1.93. The van der Waals surface area contributed by atoms with Crippen LogP contribution in [-0.2, 0) is 9.47 Å². The molecule has 2 heteroatoms. The van der Waals surface area contributed by atoms with Gasteiger partial charge < -0.3 is 9.47 Å². The fourth-order valence-corrected chi connectivity index (χ4v) is 0.915. The van der Waals surface area contributed by atoms with Gasteiger partial charge in [-0.05, 0) is 12.3 Å². The highest BCUT2D eigenvalue weighted by atomic mass is 16.6. The number of ether oxygens (including phenoxy) is 2. The van der Waals surface area contributed by atoms with Gasteiger partial charge in [-0.1, -0.05) is 6.92 Å². The first kappa shape index (κ1) is 5.69. The molecule has 52 valence electrons. The molecule has 3 unspecified atom stereocenters. The molecule has 1 heterocycles. The first-order valence-electron chi connectivity index (χ1n) is 3.59. The van der Waals surface area contributed by atoms with Gasteiger partial charge in [0.25, 0.3) is 0 Å². The second-order valence-electron chi connectivity index (χ2n) is 3.04.